The Hall–Kier alpha value is -2.34. The van der Waals surface area contributed by atoms with Gasteiger partial charge in [0, 0.05) is 24.8 Å². The van der Waals surface area contributed by atoms with Crippen LogP contribution in [0.1, 0.15) is 47.8 Å². The molecule has 0 spiro atoms. The summed E-state index contributed by atoms with van der Waals surface area (Å²) in [5.41, 5.74) is 4.23. The lowest BCUT2D eigenvalue weighted by atomic mass is 10.0. The number of likely N-dealkylation sites (tertiary alicyclic amines) is 1. The highest BCUT2D eigenvalue weighted by molar-refractivity contribution is 5.79. The van der Waals surface area contributed by atoms with Crippen molar-refractivity contribution in [1.82, 2.24) is 20.0 Å². The maximum atomic E-state index is 12.7. The predicted molar refractivity (Wildman–Crippen MR) is 111 cm³/mol. The lowest BCUT2D eigenvalue weighted by molar-refractivity contribution is -0.120. The zero-order valence-corrected chi connectivity index (χ0v) is 17.5. The topological polar surface area (TPSA) is 59.4 Å². The van der Waals surface area contributed by atoms with Gasteiger partial charge in [0.25, 0.3) is 0 Å². The SMILES string of the molecule is COc1ccc(C(CNC(=O)Cc2c(C)nn(C)c2C)N2CCCCC2)cc1. The van der Waals surface area contributed by atoms with E-state index >= 15 is 0 Å². The van der Waals surface area contributed by atoms with Crippen molar-refractivity contribution in [2.45, 2.75) is 45.6 Å². The molecule has 0 radical (unpaired) electrons. The van der Waals surface area contributed by atoms with Crippen molar-refractivity contribution in [3.63, 3.8) is 0 Å². The third-order valence-electron chi connectivity index (χ3n) is 5.82. The summed E-state index contributed by atoms with van der Waals surface area (Å²) in [4.78, 5) is 15.2. The van der Waals surface area contributed by atoms with Crippen molar-refractivity contribution < 1.29 is 9.53 Å². The molecule has 0 aliphatic carbocycles. The van der Waals surface area contributed by atoms with E-state index in [1.807, 2.05) is 37.7 Å². The van der Waals surface area contributed by atoms with E-state index in [1.54, 1.807) is 7.11 Å². The number of rotatable bonds is 7. The molecule has 0 bridgehead atoms. The molecule has 1 atom stereocenters. The molecule has 1 aliphatic rings. The standard InChI is InChI=1S/C22H32N4O2/c1-16-20(17(2)25(3)24-16)14-22(27)23-15-21(26-12-6-5-7-13-26)18-8-10-19(28-4)11-9-18/h8-11,21H,5-7,12-15H2,1-4H3,(H,23,27). The van der Waals surface area contributed by atoms with Gasteiger partial charge in [0.2, 0.25) is 5.91 Å². The lowest BCUT2D eigenvalue weighted by Gasteiger charge is -2.35. The monoisotopic (exact) mass is 384 g/mol. The summed E-state index contributed by atoms with van der Waals surface area (Å²) >= 11 is 0. The molecule has 1 aromatic heterocycles. The van der Waals surface area contributed by atoms with Crippen molar-refractivity contribution >= 4 is 5.91 Å². The average molecular weight is 385 g/mol. The summed E-state index contributed by atoms with van der Waals surface area (Å²) < 4.78 is 7.13. The number of ether oxygens (including phenoxy) is 1. The molecule has 1 unspecified atom stereocenters. The Bertz CT molecular complexity index is 792. The molecule has 6 heteroatoms. The van der Waals surface area contributed by atoms with Gasteiger partial charge in [-0.15, -0.1) is 0 Å². The first kappa shape index (κ1) is 20.4. The van der Waals surface area contributed by atoms with Gasteiger partial charge in [-0.3, -0.25) is 14.4 Å². The van der Waals surface area contributed by atoms with Crippen molar-refractivity contribution in [1.29, 1.82) is 0 Å². The van der Waals surface area contributed by atoms with E-state index in [1.165, 1.54) is 24.8 Å². The molecule has 2 aromatic rings. The van der Waals surface area contributed by atoms with Crippen molar-refractivity contribution in [2.75, 3.05) is 26.7 Å². The smallest absolute Gasteiger partial charge is 0.224 e. The third-order valence-corrected chi connectivity index (χ3v) is 5.82. The number of hydrogen-bond acceptors (Lipinski definition) is 4. The molecule has 2 heterocycles. The zero-order valence-electron chi connectivity index (χ0n) is 17.5. The predicted octanol–water partition coefficient (Wildman–Crippen LogP) is 2.93. The number of nitrogens with zero attached hydrogens (tertiary/aromatic N) is 3. The molecule has 1 aliphatic heterocycles. The molecule has 28 heavy (non-hydrogen) atoms. The molecule has 1 saturated heterocycles. The number of carbonyl (C=O) groups is 1. The minimum atomic E-state index is 0.0507. The minimum Gasteiger partial charge on any atom is -0.497 e. The van der Waals surface area contributed by atoms with E-state index in [9.17, 15) is 4.79 Å². The van der Waals surface area contributed by atoms with Crippen LogP contribution in [0.4, 0.5) is 0 Å². The number of nitrogens with one attached hydrogen (secondary N) is 1. The minimum absolute atomic E-state index is 0.0507. The fourth-order valence-corrected chi connectivity index (χ4v) is 4.02. The van der Waals surface area contributed by atoms with Crippen LogP contribution < -0.4 is 10.1 Å². The van der Waals surface area contributed by atoms with Crippen molar-refractivity contribution in [3.8, 4) is 5.75 Å². The average Bonchev–Trinajstić information content (AvgIpc) is 2.95. The van der Waals surface area contributed by atoms with Crippen LogP contribution in [-0.4, -0.2) is 47.3 Å². The first-order valence-corrected chi connectivity index (χ1v) is 10.1. The van der Waals surface area contributed by atoms with Crippen LogP contribution in [0, 0.1) is 13.8 Å². The number of carbonyl (C=O) groups excluding carboxylic acids is 1. The van der Waals surface area contributed by atoms with Crippen LogP contribution in [0.15, 0.2) is 24.3 Å². The summed E-state index contributed by atoms with van der Waals surface area (Å²) in [5, 5.41) is 7.58. The highest BCUT2D eigenvalue weighted by Gasteiger charge is 2.23. The van der Waals surface area contributed by atoms with Crippen LogP contribution in [0.2, 0.25) is 0 Å². The van der Waals surface area contributed by atoms with Crippen molar-refractivity contribution in [3.05, 3.63) is 46.8 Å². The van der Waals surface area contributed by atoms with Gasteiger partial charge in [-0.1, -0.05) is 18.6 Å². The summed E-state index contributed by atoms with van der Waals surface area (Å²) in [6, 6.07) is 8.40. The Morgan fingerprint density at radius 3 is 2.43 bits per heavy atom. The van der Waals surface area contributed by atoms with Gasteiger partial charge in [-0.2, -0.15) is 5.10 Å². The Morgan fingerprint density at radius 2 is 1.86 bits per heavy atom. The molecule has 1 aromatic carbocycles. The van der Waals surface area contributed by atoms with E-state index in [2.05, 4.69) is 27.4 Å². The maximum absolute atomic E-state index is 12.7. The quantitative estimate of drug-likeness (QED) is 0.797. The molecule has 1 amide bonds. The Balaban J connectivity index is 1.69. The van der Waals surface area contributed by atoms with Crippen LogP contribution in [0.5, 0.6) is 5.75 Å². The first-order chi connectivity index (χ1) is 13.5. The van der Waals surface area contributed by atoms with Crippen molar-refractivity contribution in [2.24, 2.45) is 7.05 Å². The second-order valence-corrected chi connectivity index (χ2v) is 7.64. The van der Waals surface area contributed by atoms with Crippen LogP contribution >= 0.6 is 0 Å². The fourth-order valence-electron chi connectivity index (χ4n) is 4.02. The summed E-state index contributed by atoms with van der Waals surface area (Å²) in [7, 11) is 3.60. The third kappa shape index (κ3) is 4.73. The molecule has 3 rings (SSSR count). The summed E-state index contributed by atoms with van der Waals surface area (Å²) in [6.45, 7) is 6.74. The number of methoxy groups -OCH3 is 1. The molecule has 0 saturated carbocycles. The summed E-state index contributed by atoms with van der Waals surface area (Å²) in [5.74, 6) is 0.905. The number of benzene rings is 1. The van der Waals surface area contributed by atoms with Gasteiger partial charge < -0.3 is 10.1 Å². The zero-order chi connectivity index (χ0) is 20.1. The number of piperidine rings is 1. The van der Waals surface area contributed by atoms with Crippen LogP contribution in [0.25, 0.3) is 0 Å². The highest BCUT2D eigenvalue weighted by atomic mass is 16.5. The normalized spacial score (nSPS) is 16.0. The van der Waals surface area contributed by atoms with Gasteiger partial charge in [0.15, 0.2) is 0 Å². The summed E-state index contributed by atoms with van der Waals surface area (Å²) in [6.07, 6.45) is 4.10. The molecular weight excluding hydrogens is 352 g/mol. The first-order valence-electron chi connectivity index (χ1n) is 10.1. The van der Waals surface area contributed by atoms with Crippen LogP contribution in [0.3, 0.4) is 0 Å². The maximum Gasteiger partial charge on any atom is 0.224 e. The van der Waals surface area contributed by atoms with Gasteiger partial charge in [0.1, 0.15) is 5.75 Å². The number of aryl methyl sites for hydroxylation is 2. The second kappa shape index (κ2) is 9.24. The van der Waals surface area contributed by atoms with Gasteiger partial charge in [0.05, 0.1) is 25.3 Å². The molecule has 152 valence electrons. The Morgan fingerprint density at radius 1 is 1.18 bits per heavy atom. The molecular formula is C22H32N4O2. The molecule has 6 nitrogen and oxygen atoms in total. The van der Waals surface area contributed by atoms with Gasteiger partial charge in [-0.25, -0.2) is 0 Å². The second-order valence-electron chi connectivity index (χ2n) is 7.64. The van der Waals surface area contributed by atoms with E-state index in [0.29, 0.717) is 13.0 Å². The van der Waals surface area contributed by atoms with E-state index in [-0.39, 0.29) is 11.9 Å². The Labute approximate surface area is 167 Å². The van der Waals surface area contributed by atoms with E-state index in [0.717, 1.165) is 35.8 Å². The number of aromatic nitrogens is 2. The van der Waals surface area contributed by atoms with Gasteiger partial charge in [-0.05, 0) is 57.5 Å². The van der Waals surface area contributed by atoms with Gasteiger partial charge >= 0.3 is 0 Å². The van der Waals surface area contributed by atoms with Crippen LogP contribution in [-0.2, 0) is 18.3 Å². The van der Waals surface area contributed by atoms with E-state index < -0.39 is 0 Å². The Kier molecular flexibility index (Phi) is 6.73. The lowest BCUT2D eigenvalue weighted by Crippen LogP contribution is -2.41. The molecule has 1 N–H and O–H groups in total. The largest absolute Gasteiger partial charge is 0.497 e. The molecule has 1 fully saturated rings. The number of hydrogen-bond donors (Lipinski definition) is 1. The number of amides is 1. The van der Waals surface area contributed by atoms with E-state index in [4.69, 9.17) is 4.74 Å². The highest BCUT2D eigenvalue weighted by Crippen LogP contribution is 2.26. The fraction of sp³-hybridized carbons (Fsp3) is 0.545.